The summed E-state index contributed by atoms with van der Waals surface area (Å²) in [4.78, 5) is 12.0. The summed E-state index contributed by atoms with van der Waals surface area (Å²) < 4.78 is 12.4. The van der Waals surface area contributed by atoms with Crippen LogP contribution >= 0.6 is 0 Å². The van der Waals surface area contributed by atoms with Gasteiger partial charge in [0.15, 0.2) is 0 Å². The smallest absolute Gasteiger partial charge is 0.407 e. The van der Waals surface area contributed by atoms with E-state index in [1.807, 2.05) is 54.6 Å². The van der Waals surface area contributed by atoms with Gasteiger partial charge in [0.1, 0.15) is 11.7 Å². The first kappa shape index (κ1) is 22.1. The third-order valence-corrected chi connectivity index (χ3v) is 5.76. The highest BCUT2D eigenvalue weighted by Crippen LogP contribution is 2.40. The molecule has 5 heteroatoms. The van der Waals surface area contributed by atoms with E-state index < -0.39 is 17.8 Å². The molecule has 0 bridgehead atoms. The van der Waals surface area contributed by atoms with Crippen LogP contribution in [-0.4, -0.2) is 37.4 Å². The van der Waals surface area contributed by atoms with Gasteiger partial charge in [-0.25, -0.2) is 4.79 Å². The van der Waals surface area contributed by atoms with Crippen molar-refractivity contribution in [2.75, 3.05) is 13.2 Å². The van der Waals surface area contributed by atoms with Crippen LogP contribution in [0.3, 0.4) is 0 Å². The fourth-order valence-electron chi connectivity index (χ4n) is 4.17. The fourth-order valence-corrected chi connectivity index (χ4v) is 4.17. The third-order valence-electron chi connectivity index (χ3n) is 5.76. The summed E-state index contributed by atoms with van der Waals surface area (Å²) in [6.07, 6.45) is -0.803. The van der Waals surface area contributed by atoms with Gasteiger partial charge >= 0.3 is 6.09 Å². The number of cyclic esters (lactones) is 1. The van der Waals surface area contributed by atoms with Crippen molar-refractivity contribution in [3.8, 4) is 0 Å². The van der Waals surface area contributed by atoms with Crippen LogP contribution in [0.15, 0.2) is 91.0 Å². The second-order valence-electron chi connectivity index (χ2n) is 8.35. The molecular weight excluding hydrogens is 400 g/mol. The van der Waals surface area contributed by atoms with E-state index in [4.69, 9.17) is 9.47 Å². The van der Waals surface area contributed by atoms with Crippen molar-refractivity contribution in [2.24, 2.45) is 0 Å². The molecule has 32 heavy (non-hydrogen) atoms. The van der Waals surface area contributed by atoms with Crippen LogP contribution in [0.2, 0.25) is 0 Å². The standard InChI is InChI=1S/C27H30N2O3/c1-20(2)28-18-24-25(32-26(30)29-24)19-31-27(21-12-6-3-7-13-21,22-14-8-4-9-15-22)23-16-10-5-11-17-23/h3-17,20,24-25,28H,18-19H2,1-2H3,(H,29,30)/t24-,25-/m1/s1. The molecule has 3 aromatic rings. The highest BCUT2D eigenvalue weighted by molar-refractivity contribution is 5.70. The summed E-state index contributed by atoms with van der Waals surface area (Å²) in [5.74, 6) is 0. The molecule has 0 unspecified atom stereocenters. The van der Waals surface area contributed by atoms with E-state index in [0.29, 0.717) is 12.6 Å². The van der Waals surface area contributed by atoms with Gasteiger partial charge in [0.05, 0.1) is 12.6 Å². The van der Waals surface area contributed by atoms with Crippen LogP contribution in [0.1, 0.15) is 30.5 Å². The summed E-state index contributed by atoms with van der Waals surface area (Å²) in [6, 6.07) is 30.7. The van der Waals surface area contributed by atoms with Gasteiger partial charge < -0.3 is 20.1 Å². The maximum Gasteiger partial charge on any atom is 0.407 e. The quantitative estimate of drug-likeness (QED) is 0.492. The Morgan fingerprint density at radius 1 is 0.875 bits per heavy atom. The van der Waals surface area contributed by atoms with Gasteiger partial charge in [-0.15, -0.1) is 0 Å². The second kappa shape index (κ2) is 9.98. The number of carbonyl (C=O) groups is 1. The van der Waals surface area contributed by atoms with E-state index in [2.05, 4.69) is 60.9 Å². The highest BCUT2D eigenvalue weighted by atomic mass is 16.6. The molecule has 166 valence electrons. The van der Waals surface area contributed by atoms with Gasteiger partial charge in [0.2, 0.25) is 0 Å². The van der Waals surface area contributed by atoms with E-state index in [1.54, 1.807) is 0 Å². The van der Waals surface area contributed by atoms with E-state index in [-0.39, 0.29) is 12.6 Å². The number of rotatable bonds is 9. The van der Waals surface area contributed by atoms with E-state index in [9.17, 15) is 4.79 Å². The van der Waals surface area contributed by atoms with Gasteiger partial charge in [-0.05, 0) is 16.7 Å². The monoisotopic (exact) mass is 430 g/mol. The SMILES string of the molecule is CC(C)NC[C@H]1NC(=O)O[C@@H]1COC(c1ccccc1)(c1ccccc1)c1ccccc1. The van der Waals surface area contributed by atoms with Crippen LogP contribution < -0.4 is 10.6 Å². The van der Waals surface area contributed by atoms with Crippen LogP contribution in [0.25, 0.3) is 0 Å². The van der Waals surface area contributed by atoms with Gasteiger partial charge in [0, 0.05) is 12.6 Å². The molecule has 1 aliphatic heterocycles. The number of hydrogen-bond acceptors (Lipinski definition) is 4. The largest absolute Gasteiger partial charge is 0.442 e. The van der Waals surface area contributed by atoms with Crippen molar-refractivity contribution in [2.45, 2.75) is 37.6 Å². The molecule has 1 amide bonds. The molecule has 1 heterocycles. The average molecular weight is 431 g/mol. The molecule has 0 spiro atoms. The zero-order chi connectivity index (χ0) is 22.4. The molecule has 0 radical (unpaired) electrons. The van der Waals surface area contributed by atoms with Crippen molar-refractivity contribution in [1.82, 2.24) is 10.6 Å². The Morgan fingerprint density at radius 3 is 1.78 bits per heavy atom. The number of hydrogen-bond donors (Lipinski definition) is 2. The topological polar surface area (TPSA) is 59.6 Å². The van der Waals surface area contributed by atoms with Gasteiger partial charge in [0.25, 0.3) is 0 Å². The molecule has 4 rings (SSSR count). The predicted molar refractivity (Wildman–Crippen MR) is 125 cm³/mol. The Kier molecular flexibility index (Phi) is 6.88. The average Bonchev–Trinajstić information content (AvgIpc) is 3.19. The molecule has 0 aliphatic carbocycles. The fraction of sp³-hybridized carbons (Fsp3) is 0.296. The van der Waals surface area contributed by atoms with Crippen LogP contribution in [0.4, 0.5) is 4.79 Å². The number of ether oxygens (including phenoxy) is 2. The second-order valence-corrected chi connectivity index (χ2v) is 8.35. The normalized spacial score (nSPS) is 18.4. The highest BCUT2D eigenvalue weighted by Gasteiger charge is 2.41. The van der Waals surface area contributed by atoms with Gasteiger partial charge in [-0.3, -0.25) is 0 Å². The Morgan fingerprint density at radius 2 is 1.34 bits per heavy atom. The lowest BCUT2D eigenvalue weighted by molar-refractivity contribution is -0.0363. The molecule has 2 atom stereocenters. The van der Waals surface area contributed by atoms with Crippen molar-refractivity contribution >= 4 is 6.09 Å². The lowest BCUT2D eigenvalue weighted by Gasteiger charge is -2.37. The first-order valence-electron chi connectivity index (χ1n) is 11.1. The minimum absolute atomic E-state index is 0.162. The maximum atomic E-state index is 12.0. The maximum absolute atomic E-state index is 12.0. The lowest BCUT2D eigenvalue weighted by atomic mass is 9.80. The van der Waals surface area contributed by atoms with Gasteiger partial charge in [-0.2, -0.15) is 0 Å². The van der Waals surface area contributed by atoms with Crippen LogP contribution in [0, 0.1) is 0 Å². The summed E-state index contributed by atoms with van der Waals surface area (Å²) in [5.41, 5.74) is 2.22. The first-order chi connectivity index (χ1) is 15.6. The van der Waals surface area contributed by atoms with Crippen LogP contribution in [0.5, 0.6) is 0 Å². The summed E-state index contributed by atoms with van der Waals surface area (Å²) in [5, 5.41) is 6.29. The van der Waals surface area contributed by atoms with Crippen molar-refractivity contribution in [3.05, 3.63) is 108 Å². The first-order valence-corrected chi connectivity index (χ1v) is 11.1. The molecule has 1 aliphatic rings. The van der Waals surface area contributed by atoms with Crippen molar-refractivity contribution in [3.63, 3.8) is 0 Å². The number of benzene rings is 3. The molecule has 1 fully saturated rings. The summed E-state index contributed by atoms with van der Waals surface area (Å²) >= 11 is 0. The lowest BCUT2D eigenvalue weighted by Crippen LogP contribution is -2.46. The number of nitrogens with one attached hydrogen (secondary N) is 2. The predicted octanol–water partition coefficient (Wildman–Crippen LogP) is 4.47. The van der Waals surface area contributed by atoms with Crippen molar-refractivity contribution in [1.29, 1.82) is 0 Å². The summed E-state index contributed by atoms with van der Waals surface area (Å²) in [6.45, 7) is 5.02. The Bertz CT molecular complexity index is 897. The minimum atomic E-state index is -0.838. The minimum Gasteiger partial charge on any atom is -0.442 e. The number of amides is 1. The number of alkyl carbamates (subject to hydrolysis) is 1. The molecule has 1 saturated heterocycles. The number of carbonyl (C=O) groups excluding carboxylic acids is 1. The van der Waals surface area contributed by atoms with Crippen molar-refractivity contribution < 1.29 is 14.3 Å². The zero-order valence-corrected chi connectivity index (χ0v) is 18.5. The Balaban J connectivity index is 1.72. The molecule has 0 saturated carbocycles. The van der Waals surface area contributed by atoms with E-state index in [1.165, 1.54) is 0 Å². The molecular formula is C27H30N2O3. The molecule has 3 aromatic carbocycles. The van der Waals surface area contributed by atoms with E-state index in [0.717, 1.165) is 16.7 Å². The van der Waals surface area contributed by atoms with Gasteiger partial charge in [-0.1, -0.05) is 105 Å². The molecule has 5 nitrogen and oxygen atoms in total. The molecule has 0 aromatic heterocycles. The van der Waals surface area contributed by atoms with E-state index >= 15 is 0 Å². The third kappa shape index (κ3) is 4.69. The zero-order valence-electron chi connectivity index (χ0n) is 18.5. The summed E-state index contributed by atoms with van der Waals surface area (Å²) in [7, 11) is 0. The molecule has 2 N–H and O–H groups in total. The van der Waals surface area contributed by atoms with Crippen LogP contribution in [-0.2, 0) is 15.1 Å². The Hall–Kier alpha value is -3.15. The Labute approximate surface area is 189 Å².